The number of carbonyl (C=O) groups excluding carboxylic acids is 1. The lowest BCUT2D eigenvalue weighted by molar-refractivity contribution is -0.123. The zero-order valence-corrected chi connectivity index (χ0v) is 14.5. The maximum atomic E-state index is 12.4. The van der Waals surface area contributed by atoms with E-state index >= 15 is 0 Å². The van der Waals surface area contributed by atoms with Crippen LogP contribution in [0.4, 0.5) is 14.5 Å². The van der Waals surface area contributed by atoms with Gasteiger partial charge in [-0.25, -0.2) is 0 Å². The lowest BCUT2D eigenvalue weighted by atomic mass is 10.2. The van der Waals surface area contributed by atoms with E-state index < -0.39 is 6.61 Å². The summed E-state index contributed by atoms with van der Waals surface area (Å²) in [4.78, 5) is 19.1. The van der Waals surface area contributed by atoms with Crippen LogP contribution in [0.1, 0.15) is 19.4 Å². The van der Waals surface area contributed by atoms with Crippen molar-refractivity contribution >= 4 is 17.8 Å². The van der Waals surface area contributed by atoms with Gasteiger partial charge in [0.1, 0.15) is 5.75 Å². The minimum absolute atomic E-state index is 0.0192. The predicted molar refractivity (Wildman–Crippen MR) is 95.7 cm³/mol. The quantitative estimate of drug-likeness (QED) is 0.525. The van der Waals surface area contributed by atoms with Gasteiger partial charge in [0.25, 0.3) is 5.91 Å². The van der Waals surface area contributed by atoms with Gasteiger partial charge >= 0.3 is 6.61 Å². The van der Waals surface area contributed by atoms with Crippen molar-refractivity contribution in [1.29, 1.82) is 0 Å². The summed E-state index contributed by atoms with van der Waals surface area (Å²) in [5, 5.41) is 3.69. The van der Waals surface area contributed by atoms with Crippen LogP contribution in [0, 0.1) is 0 Å². The molecule has 0 atom stereocenters. The highest BCUT2D eigenvalue weighted by atomic mass is 19.3. The van der Waals surface area contributed by atoms with E-state index in [1.165, 1.54) is 12.3 Å². The third kappa shape index (κ3) is 5.54. The molecular weight excluding hydrogens is 342 g/mol. The molecule has 1 amide bonds. The van der Waals surface area contributed by atoms with Gasteiger partial charge in [0.2, 0.25) is 0 Å². The van der Waals surface area contributed by atoms with Gasteiger partial charge in [-0.3, -0.25) is 4.79 Å². The maximum absolute atomic E-state index is 12.4. The molecule has 0 aromatic heterocycles. The number of hydrogen-bond acceptors (Lipinski definition) is 4. The fraction of sp³-hybridized carbons (Fsp3) is 0.263. The van der Waals surface area contributed by atoms with Gasteiger partial charge in [0.15, 0.2) is 6.61 Å². The van der Waals surface area contributed by atoms with Crippen LogP contribution in [0.15, 0.2) is 59.8 Å². The molecule has 2 aromatic rings. The van der Waals surface area contributed by atoms with Gasteiger partial charge in [-0.15, -0.1) is 0 Å². The van der Waals surface area contributed by atoms with Gasteiger partial charge in [-0.2, -0.15) is 8.78 Å². The van der Waals surface area contributed by atoms with Crippen molar-refractivity contribution in [1.82, 2.24) is 0 Å². The number of nitrogens with zero attached hydrogens (tertiary/aromatic N) is 2. The summed E-state index contributed by atoms with van der Waals surface area (Å²) < 4.78 is 29.1. The fourth-order valence-electron chi connectivity index (χ4n) is 2.37. The summed E-state index contributed by atoms with van der Waals surface area (Å²) in [7, 11) is 0. The Labute approximate surface area is 150 Å². The first-order chi connectivity index (χ1) is 12.5. The Hall–Kier alpha value is -2.96. The predicted octanol–water partition coefficient (Wildman–Crippen LogP) is 4.08. The van der Waals surface area contributed by atoms with E-state index in [-0.39, 0.29) is 24.3 Å². The monoisotopic (exact) mass is 362 g/mol. The van der Waals surface area contributed by atoms with E-state index in [1.54, 1.807) is 23.1 Å². The van der Waals surface area contributed by atoms with Crippen molar-refractivity contribution in [3.05, 3.63) is 60.2 Å². The number of benzene rings is 2. The highest BCUT2D eigenvalue weighted by Gasteiger charge is 2.19. The summed E-state index contributed by atoms with van der Waals surface area (Å²) in [5.41, 5.74) is 1.08. The topological polar surface area (TPSA) is 51.1 Å². The van der Waals surface area contributed by atoms with Crippen LogP contribution >= 0.6 is 0 Å². The molecule has 26 heavy (non-hydrogen) atoms. The Morgan fingerprint density at radius 3 is 2.42 bits per heavy atom. The number of rotatable bonds is 8. The van der Waals surface area contributed by atoms with Crippen LogP contribution in [0.5, 0.6) is 5.75 Å². The Morgan fingerprint density at radius 1 is 1.12 bits per heavy atom. The number of anilines is 1. The molecule has 0 radical (unpaired) electrons. The number of carbonyl (C=O) groups is 1. The molecule has 0 saturated heterocycles. The third-order valence-electron chi connectivity index (χ3n) is 3.41. The molecule has 0 aliphatic heterocycles. The van der Waals surface area contributed by atoms with Crippen LogP contribution in [-0.2, 0) is 9.63 Å². The smallest absolute Gasteiger partial charge is 0.387 e. The molecule has 0 heterocycles. The molecule has 0 aliphatic carbocycles. The van der Waals surface area contributed by atoms with Crippen LogP contribution in [0.3, 0.4) is 0 Å². The second-order valence-corrected chi connectivity index (χ2v) is 5.62. The van der Waals surface area contributed by atoms with Crippen LogP contribution in [0.2, 0.25) is 0 Å². The van der Waals surface area contributed by atoms with Gasteiger partial charge in [-0.1, -0.05) is 35.5 Å². The highest BCUT2D eigenvalue weighted by Crippen LogP contribution is 2.19. The standard InChI is InChI=1S/C19H20F2N2O3/c1-14(2)23(16-9-4-3-5-10-16)18(24)13-25-22-12-15-8-6-7-11-17(15)26-19(20)21/h3-12,14,19H,13H2,1-2H3. The van der Waals surface area contributed by atoms with Crippen molar-refractivity contribution < 1.29 is 23.1 Å². The number of ether oxygens (including phenoxy) is 1. The van der Waals surface area contributed by atoms with Gasteiger partial charge < -0.3 is 14.5 Å². The van der Waals surface area contributed by atoms with Crippen molar-refractivity contribution in [2.75, 3.05) is 11.5 Å². The Balaban J connectivity index is 1.98. The van der Waals surface area contributed by atoms with Gasteiger partial charge in [-0.05, 0) is 38.1 Å². The number of amides is 1. The summed E-state index contributed by atoms with van der Waals surface area (Å²) in [6, 6.07) is 15.3. The summed E-state index contributed by atoms with van der Waals surface area (Å²) >= 11 is 0. The van der Waals surface area contributed by atoms with Crippen LogP contribution < -0.4 is 9.64 Å². The SMILES string of the molecule is CC(C)N(C(=O)CON=Cc1ccccc1OC(F)F)c1ccccc1. The summed E-state index contributed by atoms with van der Waals surface area (Å²) in [6.07, 6.45) is 1.23. The van der Waals surface area contributed by atoms with E-state index in [4.69, 9.17) is 4.84 Å². The largest absolute Gasteiger partial charge is 0.434 e. The average Bonchev–Trinajstić information content (AvgIpc) is 2.60. The molecule has 0 N–H and O–H groups in total. The van der Waals surface area contributed by atoms with E-state index in [2.05, 4.69) is 9.89 Å². The average molecular weight is 362 g/mol. The second kappa shape index (κ2) is 9.50. The molecule has 5 nitrogen and oxygen atoms in total. The zero-order valence-electron chi connectivity index (χ0n) is 14.5. The first-order valence-corrected chi connectivity index (χ1v) is 8.05. The van der Waals surface area contributed by atoms with Gasteiger partial charge in [0.05, 0.1) is 6.21 Å². The molecule has 0 spiro atoms. The molecular formula is C19H20F2N2O3. The second-order valence-electron chi connectivity index (χ2n) is 5.62. The molecule has 138 valence electrons. The van der Waals surface area contributed by atoms with E-state index in [0.717, 1.165) is 5.69 Å². The molecule has 0 fully saturated rings. The zero-order chi connectivity index (χ0) is 18.9. The maximum Gasteiger partial charge on any atom is 0.387 e. The molecule has 2 aromatic carbocycles. The van der Waals surface area contributed by atoms with Crippen molar-refractivity contribution in [3.63, 3.8) is 0 Å². The van der Waals surface area contributed by atoms with Crippen molar-refractivity contribution in [2.45, 2.75) is 26.5 Å². The van der Waals surface area contributed by atoms with Crippen LogP contribution in [0.25, 0.3) is 0 Å². The Bertz CT molecular complexity index is 737. The van der Waals surface area contributed by atoms with Crippen molar-refractivity contribution in [3.8, 4) is 5.75 Å². The Morgan fingerprint density at radius 2 is 1.77 bits per heavy atom. The Kier molecular flexibility index (Phi) is 7.08. The number of oxime groups is 1. The van der Waals surface area contributed by atoms with Gasteiger partial charge in [0, 0.05) is 17.3 Å². The minimum Gasteiger partial charge on any atom is -0.434 e. The highest BCUT2D eigenvalue weighted by molar-refractivity contribution is 5.94. The van der Waals surface area contributed by atoms with E-state index in [1.807, 2.05) is 44.2 Å². The van der Waals surface area contributed by atoms with Crippen molar-refractivity contribution in [2.24, 2.45) is 5.16 Å². The number of hydrogen-bond donors (Lipinski definition) is 0. The summed E-state index contributed by atoms with van der Waals surface area (Å²) in [6.45, 7) is 0.581. The lowest BCUT2D eigenvalue weighted by Gasteiger charge is -2.26. The van der Waals surface area contributed by atoms with E-state index in [9.17, 15) is 13.6 Å². The number of halogens is 2. The first kappa shape index (κ1) is 19.4. The lowest BCUT2D eigenvalue weighted by Crippen LogP contribution is -2.39. The van der Waals surface area contributed by atoms with Crippen LogP contribution in [-0.4, -0.2) is 31.4 Å². The normalized spacial score (nSPS) is 11.2. The fourth-order valence-corrected chi connectivity index (χ4v) is 2.37. The number of alkyl halides is 2. The number of para-hydroxylation sites is 2. The van der Waals surface area contributed by atoms with E-state index in [0.29, 0.717) is 5.56 Å². The first-order valence-electron chi connectivity index (χ1n) is 8.05. The summed E-state index contributed by atoms with van der Waals surface area (Å²) in [5.74, 6) is -0.283. The molecule has 2 rings (SSSR count). The molecule has 7 heteroatoms. The third-order valence-corrected chi connectivity index (χ3v) is 3.41. The molecule has 0 bridgehead atoms. The molecule has 0 aliphatic rings. The minimum atomic E-state index is -2.93. The molecule has 0 unspecified atom stereocenters. The molecule has 0 saturated carbocycles.